The summed E-state index contributed by atoms with van der Waals surface area (Å²) in [6.07, 6.45) is 4.02. The predicted octanol–water partition coefficient (Wildman–Crippen LogP) is 1.84. The number of thioether (sulfide) groups is 1. The van der Waals surface area contributed by atoms with Gasteiger partial charge in [0.2, 0.25) is 0 Å². The molecule has 1 aromatic carbocycles. The van der Waals surface area contributed by atoms with Gasteiger partial charge in [0.1, 0.15) is 6.04 Å². The fraction of sp³-hybridized carbons (Fsp3) is 0.250. The van der Waals surface area contributed by atoms with Crippen molar-refractivity contribution in [1.29, 1.82) is 0 Å². The van der Waals surface area contributed by atoms with E-state index in [1.807, 2.05) is 42.5 Å². The number of nitrogens with two attached hydrogens (primary N) is 1. The monoisotopic (exact) mass is 237 g/mol. The largest absolute Gasteiger partial charge is 0.480 e. The Bertz CT molecular complexity index is 351. The van der Waals surface area contributed by atoms with E-state index in [2.05, 4.69) is 0 Å². The lowest BCUT2D eigenvalue weighted by Gasteiger charge is -2.03. The van der Waals surface area contributed by atoms with Gasteiger partial charge < -0.3 is 10.8 Å². The first-order valence-corrected chi connectivity index (χ1v) is 6.13. The fourth-order valence-electron chi connectivity index (χ4n) is 1.08. The maximum absolute atomic E-state index is 10.4. The molecule has 0 bridgehead atoms. The molecule has 3 nitrogen and oxygen atoms in total. The molecule has 0 aromatic heterocycles. The molecule has 1 atom stereocenters. The van der Waals surface area contributed by atoms with Gasteiger partial charge in [-0.3, -0.25) is 4.79 Å². The van der Waals surface area contributed by atoms with Gasteiger partial charge in [-0.25, -0.2) is 0 Å². The zero-order valence-electron chi connectivity index (χ0n) is 8.87. The van der Waals surface area contributed by atoms with E-state index >= 15 is 0 Å². The quantitative estimate of drug-likeness (QED) is 0.741. The van der Waals surface area contributed by atoms with Crippen LogP contribution in [0, 0.1) is 0 Å². The molecule has 0 saturated carbocycles. The second-order valence-electron chi connectivity index (χ2n) is 3.30. The third-order valence-corrected chi connectivity index (χ3v) is 2.96. The van der Waals surface area contributed by atoms with Crippen LogP contribution in [0.3, 0.4) is 0 Å². The molecule has 0 amide bonds. The standard InChI is InChI=1S/C12H15NO2S/c13-11(12(14)15)9-16-8-4-7-10-5-2-1-3-6-10/h1-7,11H,8-9,13H2,(H,14,15)/b7-4+/t11-/m0/s1. The van der Waals surface area contributed by atoms with Crippen LogP contribution in [0.25, 0.3) is 6.08 Å². The van der Waals surface area contributed by atoms with Crippen molar-refractivity contribution in [2.75, 3.05) is 11.5 Å². The van der Waals surface area contributed by atoms with Gasteiger partial charge >= 0.3 is 5.97 Å². The molecule has 1 aromatic rings. The third-order valence-electron chi connectivity index (χ3n) is 1.94. The van der Waals surface area contributed by atoms with Gasteiger partial charge in [-0.2, -0.15) is 11.8 Å². The van der Waals surface area contributed by atoms with Crippen LogP contribution < -0.4 is 5.73 Å². The molecule has 0 heterocycles. The molecule has 1 rings (SSSR count). The molecule has 4 heteroatoms. The Hall–Kier alpha value is -1.26. The molecule has 16 heavy (non-hydrogen) atoms. The van der Waals surface area contributed by atoms with Crippen LogP contribution in [0.5, 0.6) is 0 Å². The number of benzene rings is 1. The number of carboxylic acids is 1. The van der Waals surface area contributed by atoms with E-state index in [1.54, 1.807) is 0 Å². The molecule has 0 aliphatic rings. The van der Waals surface area contributed by atoms with Crippen molar-refractivity contribution in [3.8, 4) is 0 Å². The fourth-order valence-corrected chi connectivity index (χ4v) is 1.85. The number of carboxylic acid groups (broad SMARTS) is 1. The Balaban J connectivity index is 2.21. The summed E-state index contributed by atoms with van der Waals surface area (Å²) in [5, 5.41) is 8.56. The minimum Gasteiger partial charge on any atom is -0.480 e. The molecule has 0 unspecified atom stereocenters. The van der Waals surface area contributed by atoms with Gasteiger partial charge in [-0.05, 0) is 5.56 Å². The van der Waals surface area contributed by atoms with Crippen LogP contribution in [0.15, 0.2) is 36.4 Å². The molecular formula is C12H15NO2S. The van der Waals surface area contributed by atoms with Crippen molar-refractivity contribution < 1.29 is 9.90 Å². The first-order chi connectivity index (χ1) is 7.70. The van der Waals surface area contributed by atoms with Crippen LogP contribution in [0.1, 0.15) is 5.56 Å². The zero-order valence-corrected chi connectivity index (χ0v) is 9.69. The number of rotatable bonds is 6. The van der Waals surface area contributed by atoms with Gasteiger partial charge in [-0.1, -0.05) is 42.5 Å². The Kier molecular flexibility index (Phi) is 5.67. The van der Waals surface area contributed by atoms with E-state index in [0.717, 1.165) is 11.3 Å². The van der Waals surface area contributed by atoms with E-state index in [9.17, 15) is 4.79 Å². The van der Waals surface area contributed by atoms with Crippen molar-refractivity contribution in [2.45, 2.75) is 6.04 Å². The molecule has 0 spiro atoms. The SMILES string of the molecule is N[C@@H](CSC/C=C/c1ccccc1)C(=O)O. The summed E-state index contributed by atoms with van der Waals surface area (Å²) in [5.41, 5.74) is 6.51. The molecule has 3 N–H and O–H groups in total. The zero-order chi connectivity index (χ0) is 11.8. The Morgan fingerprint density at radius 2 is 2.12 bits per heavy atom. The lowest BCUT2D eigenvalue weighted by molar-refractivity contribution is -0.137. The predicted molar refractivity (Wildman–Crippen MR) is 68.4 cm³/mol. The van der Waals surface area contributed by atoms with Crippen molar-refractivity contribution in [3.05, 3.63) is 42.0 Å². The van der Waals surface area contributed by atoms with Gasteiger partial charge in [0, 0.05) is 11.5 Å². The van der Waals surface area contributed by atoms with E-state index in [4.69, 9.17) is 10.8 Å². The smallest absolute Gasteiger partial charge is 0.321 e. The average molecular weight is 237 g/mol. The molecule has 0 fully saturated rings. The highest BCUT2D eigenvalue weighted by molar-refractivity contribution is 7.99. The second kappa shape index (κ2) is 7.09. The topological polar surface area (TPSA) is 63.3 Å². The summed E-state index contributed by atoms with van der Waals surface area (Å²) in [7, 11) is 0. The van der Waals surface area contributed by atoms with Gasteiger partial charge in [-0.15, -0.1) is 0 Å². The van der Waals surface area contributed by atoms with Crippen LogP contribution in [-0.2, 0) is 4.79 Å². The maximum Gasteiger partial charge on any atom is 0.321 e. The summed E-state index contributed by atoms with van der Waals surface area (Å²) in [6, 6.07) is 9.20. The van der Waals surface area contributed by atoms with E-state index < -0.39 is 12.0 Å². The van der Waals surface area contributed by atoms with Crippen molar-refractivity contribution >= 4 is 23.8 Å². The molecule has 0 aliphatic heterocycles. The van der Waals surface area contributed by atoms with Crippen molar-refractivity contribution in [2.24, 2.45) is 5.73 Å². The van der Waals surface area contributed by atoms with Crippen LogP contribution >= 0.6 is 11.8 Å². The van der Waals surface area contributed by atoms with E-state index in [0.29, 0.717) is 5.75 Å². The lowest BCUT2D eigenvalue weighted by atomic mass is 10.2. The summed E-state index contributed by atoms with van der Waals surface area (Å²) in [4.78, 5) is 10.4. The highest BCUT2D eigenvalue weighted by Gasteiger charge is 2.09. The lowest BCUT2D eigenvalue weighted by Crippen LogP contribution is -2.32. The van der Waals surface area contributed by atoms with Crippen LogP contribution in [-0.4, -0.2) is 28.6 Å². The molecular weight excluding hydrogens is 222 g/mol. The van der Waals surface area contributed by atoms with Crippen LogP contribution in [0.4, 0.5) is 0 Å². The minimum atomic E-state index is -0.945. The summed E-state index contributed by atoms with van der Waals surface area (Å²) in [6.45, 7) is 0. The van der Waals surface area contributed by atoms with Gasteiger partial charge in [0.15, 0.2) is 0 Å². The number of carbonyl (C=O) groups is 1. The molecule has 0 radical (unpaired) electrons. The van der Waals surface area contributed by atoms with Gasteiger partial charge in [0.05, 0.1) is 0 Å². The van der Waals surface area contributed by atoms with Crippen LogP contribution in [0.2, 0.25) is 0 Å². The summed E-state index contributed by atoms with van der Waals surface area (Å²) < 4.78 is 0. The number of hydrogen-bond acceptors (Lipinski definition) is 3. The maximum atomic E-state index is 10.4. The average Bonchev–Trinajstić information content (AvgIpc) is 2.29. The second-order valence-corrected chi connectivity index (χ2v) is 4.37. The summed E-state index contributed by atoms with van der Waals surface area (Å²) >= 11 is 1.52. The van der Waals surface area contributed by atoms with Gasteiger partial charge in [0.25, 0.3) is 0 Å². The van der Waals surface area contributed by atoms with E-state index in [1.165, 1.54) is 11.8 Å². The van der Waals surface area contributed by atoms with E-state index in [-0.39, 0.29) is 0 Å². The summed E-state index contributed by atoms with van der Waals surface area (Å²) in [5.74, 6) is 0.268. The highest BCUT2D eigenvalue weighted by atomic mass is 32.2. The third kappa shape index (κ3) is 5.00. The first kappa shape index (κ1) is 12.8. The Morgan fingerprint density at radius 3 is 2.75 bits per heavy atom. The first-order valence-electron chi connectivity index (χ1n) is 4.98. The Morgan fingerprint density at radius 1 is 1.44 bits per heavy atom. The number of aliphatic carboxylic acids is 1. The Labute approximate surface area is 99.4 Å². The molecule has 86 valence electrons. The minimum absolute atomic E-state index is 0.439. The van der Waals surface area contributed by atoms with Crippen molar-refractivity contribution in [3.63, 3.8) is 0 Å². The highest BCUT2D eigenvalue weighted by Crippen LogP contribution is 2.05. The van der Waals surface area contributed by atoms with Crippen molar-refractivity contribution in [1.82, 2.24) is 0 Å². The molecule has 0 saturated heterocycles. The molecule has 0 aliphatic carbocycles. The number of hydrogen-bond donors (Lipinski definition) is 2. The normalized spacial score (nSPS) is 12.8.